The van der Waals surface area contributed by atoms with E-state index >= 15 is 0 Å². The van der Waals surface area contributed by atoms with Crippen molar-refractivity contribution in [1.82, 2.24) is 0 Å². The minimum absolute atomic E-state index is 0. The summed E-state index contributed by atoms with van der Waals surface area (Å²) in [6.07, 6.45) is 0.263. The molecule has 8 heteroatoms. The molecule has 5 nitrogen and oxygen atoms in total. The van der Waals surface area contributed by atoms with Crippen LogP contribution in [0.25, 0.3) is 0 Å². The van der Waals surface area contributed by atoms with Crippen molar-refractivity contribution in [2.45, 2.75) is 6.92 Å². The van der Waals surface area contributed by atoms with Crippen LogP contribution in [0, 0.1) is 0 Å². The molecule has 0 aromatic carbocycles. The molecule has 0 fully saturated rings. The zero-order valence-corrected chi connectivity index (χ0v) is 8.65. The van der Waals surface area contributed by atoms with Gasteiger partial charge in [-0.3, -0.25) is 0 Å². The number of hydrogen-bond donors (Lipinski definition) is 4. The fraction of sp³-hybridized carbons (Fsp3) is 1.00. The minimum Gasteiger partial charge on any atom is -0.347 e. The van der Waals surface area contributed by atoms with Crippen molar-refractivity contribution < 1.29 is 45.6 Å². The summed E-state index contributed by atoms with van der Waals surface area (Å²) in [5.41, 5.74) is 0. The van der Waals surface area contributed by atoms with Crippen molar-refractivity contribution in [3.05, 3.63) is 0 Å². The van der Waals surface area contributed by atoms with Gasteiger partial charge in [-0.05, 0) is 0 Å². The van der Waals surface area contributed by atoms with Crippen LogP contribution in [-0.4, -0.2) is 25.7 Å². The Bertz CT molecular complexity index is 84.2. The topological polar surface area (TPSA) is 90.2 Å². The zero-order valence-electron chi connectivity index (χ0n) is 5.30. The van der Waals surface area contributed by atoms with Crippen LogP contribution in [0.2, 0.25) is 0 Å². The first kappa shape index (κ1) is 13.9. The fourth-order valence-corrected chi connectivity index (χ4v) is 1.66. The van der Waals surface area contributed by atoms with E-state index in [0.717, 1.165) is 0 Å². The summed E-state index contributed by atoms with van der Waals surface area (Å²) < 4.78 is 3.98. The van der Waals surface area contributed by atoms with Crippen LogP contribution in [0.15, 0.2) is 0 Å². The van der Waals surface area contributed by atoms with Crippen LogP contribution in [0.3, 0.4) is 0 Å². The third-order valence-corrected chi connectivity index (χ3v) is 2.65. The molecule has 0 amide bonds. The second-order valence-corrected chi connectivity index (χ2v) is 4.28. The van der Waals surface area contributed by atoms with E-state index in [1.165, 1.54) is 0 Å². The average Bonchev–Trinajstić information content (AvgIpc) is 1.62. The van der Waals surface area contributed by atoms with E-state index in [0.29, 0.717) is 0 Å². The van der Waals surface area contributed by atoms with Crippen LogP contribution in [-0.2, 0) is 26.0 Å². The van der Waals surface area contributed by atoms with Gasteiger partial charge in [-0.15, -0.1) is 4.31 Å². The summed E-state index contributed by atoms with van der Waals surface area (Å²) in [6.45, 7) is 1.60. The fourth-order valence-electron chi connectivity index (χ4n) is 0.184. The summed E-state index contributed by atoms with van der Waals surface area (Å²) in [7, 11) is -6.08. The van der Waals surface area contributed by atoms with Crippen molar-refractivity contribution in [1.29, 1.82) is 0 Å². The van der Waals surface area contributed by atoms with Gasteiger partial charge in [0.1, 0.15) is 0 Å². The second-order valence-electron chi connectivity index (χ2n) is 1.26. The maximum atomic E-state index is 8.58. The molecule has 0 radical (unpaired) electrons. The molecule has 0 bridgehead atoms. The first-order chi connectivity index (χ1) is 3.95. The van der Waals surface area contributed by atoms with Crippen molar-refractivity contribution in [3.8, 4) is 0 Å². The molecule has 0 saturated heterocycles. The molecule has 10 heavy (non-hydrogen) atoms. The summed E-state index contributed by atoms with van der Waals surface area (Å²) in [5.74, 6) is 0. The van der Waals surface area contributed by atoms with Gasteiger partial charge in [0.25, 0.3) is 0 Å². The van der Waals surface area contributed by atoms with Crippen molar-refractivity contribution in [2.75, 3.05) is 6.16 Å². The third-order valence-electron chi connectivity index (χ3n) is 0.474. The first-order valence-corrected chi connectivity index (χ1v) is 5.15. The molecule has 0 aromatic rings. The number of hydrogen-bond acceptors (Lipinski definition) is 5. The van der Waals surface area contributed by atoms with Crippen LogP contribution < -0.4 is 0 Å². The molecule has 0 aliphatic rings. The van der Waals surface area contributed by atoms with Crippen LogP contribution in [0.1, 0.15) is 6.92 Å². The molecule has 0 rings (SSSR count). The molecule has 0 saturated carbocycles. The maximum absolute atomic E-state index is 8.58. The van der Waals surface area contributed by atoms with Gasteiger partial charge in [0, 0.05) is 27.9 Å². The number of rotatable bonds is 3. The SMILES string of the molecule is CCP(O)O[P+](O)(O)O.[Ti]. The van der Waals surface area contributed by atoms with Gasteiger partial charge in [0.05, 0.1) is 0 Å². The summed E-state index contributed by atoms with van der Waals surface area (Å²) >= 11 is 0. The van der Waals surface area contributed by atoms with Crippen LogP contribution in [0.5, 0.6) is 0 Å². The van der Waals surface area contributed by atoms with Gasteiger partial charge in [0.15, 0.2) is 0 Å². The Morgan fingerprint density at radius 1 is 1.40 bits per heavy atom. The molecule has 0 aromatic heterocycles. The molecular weight excluding hydrogens is 214 g/mol. The summed E-state index contributed by atoms with van der Waals surface area (Å²) in [6, 6.07) is 0. The summed E-state index contributed by atoms with van der Waals surface area (Å²) in [5, 5.41) is 0. The van der Waals surface area contributed by atoms with E-state index in [1.807, 2.05) is 0 Å². The van der Waals surface area contributed by atoms with Crippen LogP contribution >= 0.6 is 16.5 Å². The molecule has 0 aliphatic heterocycles. The Kier molecular flexibility index (Phi) is 8.29. The van der Waals surface area contributed by atoms with E-state index in [2.05, 4.69) is 4.31 Å². The molecule has 0 spiro atoms. The quantitative estimate of drug-likeness (QED) is 0.398. The third kappa shape index (κ3) is 9.37. The Hall–Kier alpha value is 1.37. The first-order valence-electron chi connectivity index (χ1n) is 2.19. The van der Waals surface area contributed by atoms with E-state index in [1.54, 1.807) is 6.92 Å². The molecule has 1 unspecified atom stereocenters. The van der Waals surface area contributed by atoms with Gasteiger partial charge < -0.3 is 4.89 Å². The summed E-state index contributed by atoms with van der Waals surface area (Å²) in [4.78, 5) is 33.1. The Morgan fingerprint density at radius 3 is 1.90 bits per heavy atom. The predicted octanol–water partition coefficient (Wildman–Crippen LogP) is -0.0209. The van der Waals surface area contributed by atoms with E-state index in [-0.39, 0.29) is 27.9 Å². The smallest absolute Gasteiger partial charge is 0.347 e. The predicted molar refractivity (Wildman–Crippen MR) is 34.3 cm³/mol. The van der Waals surface area contributed by atoms with Crippen molar-refractivity contribution >= 4 is 16.5 Å². The molecule has 1 atom stereocenters. The molecule has 0 heterocycles. The monoisotopic (exact) mass is 223 g/mol. The zero-order chi connectivity index (χ0) is 7.49. The molecule has 60 valence electrons. The Morgan fingerprint density at radius 2 is 1.80 bits per heavy atom. The molecular formula is C2H9O5P2Ti+. The van der Waals surface area contributed by atoms with Gasteiger partial charge in [-0.2, -0.15) is 14.7 Å². The molecule has 0 aliphatic carbocycles. The molecule has 4 N–H and O–H groups in total. The minimum atomic E-state index is -4.21. The van der Waals surface area contributed by atoms with Crippen molar-refractivity contribution in [2.24, 2.45) is 0 Å². The normalized spacial score (nSPS) is 14.1. The van der Waals surface area contributed by atoms with Gasteiger partial charge in [-0.1, -0.05) is 6.92 Å². The van der Waals surface area contributed by atoms with E-state index < -0.39 is 16.5 Å². The van der Waals surface area contributed by atoms with Gasteiger partial charge in [-0.25, -0.2) is 0 Å². The van der Waals surface area contributed by atoms with Crippen molar-refractivity contribution in [3.63, 3.8) is 0 Å². The Labute approximate surface area is 75.5 Å². The standard InChI is InChI=1S/C2H9O5P2.Ti/c1-2-8(3)7-9(4,5)6;/h3-6H,2H2,1H3;/q+1;. The van der Waals surface area contributed by atoms with E-state index in [9.17, 15) is 0 Å². The van der Waals surface area contributed by atoms with Crippen LogP contribution in [0.4, 0.5) is 0 Å². The largest absolute Gasteiger partial charge is 0.572 e. The second kappa shape index (κ2) is 5.95. The van der Waals surface area contributed by atoms with Gasteiger partial charge >= 0.3 is 8.17 Å². The maximum Gasteiger partial charge on any atom is 0.572 e. The Balaban J connectivity index is 0. The van der Waals surface area contributed by atoms with Gasteiger partial charge in [0.2, 0.25) is 8.38 Å². The van der Waals surface area contributed by atoms with E-state index in [4.69, 9.17) is 19.6 Å². The average molecular weight is 223 g/mol.